The first kappa shape index (κ1) is 18.8. The second-order valence-corrected chi connectivity index (χ2v) is 5.56. The van der Waals surface area contributed by atoms with Crippen LogP contribution in [-0.2, 0) is 4.79 Å². The first-order valence-corrected chi connectivity index (χ1v) is 7.49. The summed E-state index contributed by atoms with van der Waals surface area (Å²) in [7, 11) is 0. The summed E-state index contributed by atoms with van der Waals surface area (Å²) in [5.41, 5.74) is 0.0817. The van der Waals surface area contributed by atoms with E-state index in [0.29, 0.717) is 18.7 Å². The molecule has 9 heteroatoms. The van der Waals surface area contributed by atoms with Gasteiger partial charge in [-0.25, -0.2) is 9.18 Å². The van der Waals surface area contributed by atoms with E-state index in [-0.39, 0.29) is 23.6 Å². The Morgan fingerprint density at radius 1 is 1.28 bits per heavy atom. The lowest BCUT2D eigenvalue weighted by Gasteiger charge is -2.27. The van der Waals surface area contributed by atoms with Crippen LogP contribution in [0.1, 0.15) is 29.6 Å². The smallest absolute Gasteiger partial charge is 0.389 e. The van der Waals surface area contributed by atoms with Gasteiger partial charge in [-0.1, -0.05) is 0 Å². The van der Waals surface area contributed by atoms with Crippen molar-refractivity contribution >= 4 is 23.3 Å². The molecule has 0 bridgehead atoms. The molecule has 2 rings (SSSR count). The normalized spacial score (nSPS) is 14.9. The third kappa shape index (κ3) is 5.47. The molecule has 1 aromatic carbocycles. The summed E-state index contributed by atoms with van der Waals surface area (Å²) < 4.78 is 49.8. The van der Waals surface area contributed by atoms with Gasteiger partial charge in [-0.15, -0.1) is 0 Å². The maximum atomic E-state index is 13.4. The molecule has 0 unspecified atom stereocenters. The molecule has 0 saturated carbocycles. The van der Waals surface area contributed by atoms with Crippen molar-refractivity contribution in [2.75, 3.05) is 23.3 Å². The Morgan fingerprint density at radius 2 is 2.00 bits per heavy atom. The Hall–Kier alpha value is -2.58. The van der Waals surface area contributed by atoms with Gasteiger partial charge >= 0.3 is 12.1 Å². The van der Waals surface area contributed by atoms with E-state index in [0.717, 1.165) is 0 Å². The summed E-state index contributed by atoms with van der Waals surface area (Å²) in [6, 6.07) is 4.05. The minimum Gasteiger partial charge on any atom is -0.478 e. The highest BCUT2D eigenvalue weighted by Crippen LogP contribution is 2.27. The maximum Gasteiger partial charge on any atom is 0.389 e. The van der Waals surface area contributed by atoms with E-state index in [2.05, 4.69) is 5.32 Å². The zero-order valence-corrected chi connectivity index (χ0v) is 13.1. The Morgan fingerprint density at radius 3 is 2.60 bits per heavy atom. The number of nitrogens with one attached hydrogen (secondary N) is 1. The summed E-state index contributed by atoms with van der Waals surface area (Å²) in [6.45, 7) is 0.514. The first-order chi connectivity index (χ1) is 11.7. The number of carbonyl (C=O) groups excluding carboxylic acids is 1. The van der Waals surface area contributed by atoms with Crippen LogP contribution in [0.4, 0.5) is 28.9 Å². The number of rotatable bonds is 5. The van der Waals surface area contributed by atoms with Crippen LogP contribution < -0.4 is 10.2 Å². The number of aromatic carboxylic acids is 1. The number of anilines is 2. The molecular formula is C16H16F4N2O3. The Labute approximate surface area is 140 Å². The molecule has 1 amide bonds. The largest absolute Gasteiger partial charge is 0.478 e. The highest BCUT2D eigenvalue weighted by Gasteiger charge is 2.28. The van der Waals surface area contributed by atoms with Gasteiger partial charge < -0.3 is 15.3 Å². The third-order valence-electron chi connectivity index (χ3n) is 3.62. The first-order valence-electron chi connectivity index (χ1n) is 7.49. The van der Waals surface area contributed by atoms with Crippen molar-refractivity contribution in [1.29, 1.82) is 0 Å². The summed E-state index contributed by atoms with van der Waals surface area (Å²) in [5, 5.41) is 11.5. The summed E-state index contributed by atoms with van der Waals surface area (Å²) in [6.07, 6.45) is -4.64. The van der Waals surface area contributed by atoms with Crippen molar-refractivity contribution in [2.24, 2.45) is 0 Å². The number of carboxylic acid groups (broad SMARTS) is 1. The molecule has 0 fully saturated rings. The average molecular weight is 360 g/mol. The zero-order chi connectivity index (χ0) is 18.6. The molecule has 25 heavy (non-hydrogen) atoms. The summed E-state index contributed by atoms with van der Waals surface area (Å²) in [4.78, 5) is 24.6. The fraction of sp³-hybridized carbons (Fsp3) is 0.375. The molecule has 0 spiro atoms. The summed E-state index contributed by atoms with van der Waals surface area (Å²) >= 11 is 0. The fourth-order valence-corrected chi connectivity index (χ4v) is 2.41. The highest BCUT2D eigenvalue weighted by molar-refractivity contribution is 6.01. The van der Waals surface area contributed by atoms with Gasteiger partial charge in [-0.05, 0) is 30.7 Å². The van der Waals surface area contributed by atoms with Gasteiger partial charge in [0.25, 0.3) is 0 Å². The second kappa shape index (κ2) is 7.54. The van der Waals surface area contributed by atoms with Gasteiger partial charge in [0, 0.05) is 18.7 Å². The quantitative estimate of drug-likeness (QED) is 0.785. The van der Waals surface area contributed by atoms with E-state index in [1.54, 1.807) is 4.90 Å². The Balaban J connectivity index is 2.15. The van der Waals surface area contributed by atoms with Gasteiger partial charge in [-0.3, -0.25) is 4.79 Å². The predicted octanol–water partition coefficient (Wildman–Crippen LogP) is 3.73. The number of carboxylic acids is 1. The molecule has 1 heterocycles. The number of hydrogen-bond donors (Lipinski definition) is 2. The van der Waals surface area contributed by atoms with Crippen LogP contribution in [0, 0.1) is 0 Å². The van der Waals surface area contributed by atoms with Gasteiger partial charge in [-0.2, -0.15) is 13.2 Å². The third-order valence-corrected chi connectivity index (χ3v) is 3.62. The molecule has 1 aliphatic rings. The van der Waals surface area contributed by atoms with Gasteiger partial charge in [0.15, 0.2) is 0 Å². The minimum atomic E-state index is -4.47. The van der Waals surface area contributed by atoms with E-state index in [1.165, 1.54) is 24.3 Å². The molecule has 136 valence electrons. The molecule has 5 nitrogen and oxygen atoms in total. The van der Waals surface area contributed by atoms with Crippen LogP contribution in [0.3, 0.4) is 0 Å². The summed E-state index contributed by atoms with van der Waals surface area (Å²) in [5.74, 6) is -2.60. The monoisotopic (exact) mass is 360 g/mol. The Kier molecular flexibility index (Phi) is 5.66. The van der Waals surface area contributed by atoms with Crippen molar-refractivity contribution in [2.45, 2.75) is 25.4 Å². The molecular weight excluding hydrogens is 344 g/mol. The highest BCUT2D eigenvalue weighted by atomic mass is 19.4. The van der Waals surface area contributed by atoms with Crippen LogP contribution in [0.5, 0.6) is 0 Å². The van der Waals surface area contributed by atoms with Crippen LogP contribution >= 0.6 is 0 Å². The zero-order valence-electron chi connectivity index (χ0n) is 13.1. The predicted molar refractivity (Wildman–Crippen MR) is 83.3 cm³/mol. The van der Waals surface area contributed by atoms with Crippen LogP contribution in [0.15, 0.2) is 30.1 Å². The average Bonchev–Trinajstić information content (AvgIpc) is 2.52. The fourth-order valence-electron chi connectivity index (χ4n) is 2.41. The van der Waals surface area contributed by atoms with Gasteiger partial charge in [0.2, 0.25) is 5.91 Å². The topological polar surface area (TPSA) is 69.6 Å². The van der Waals surface area contributed by atoms with E-state index in [1.807, 2.05) is 0 Å². The van der Waals surface area contributed by atoms with Crippen LogP contribution in [0.25, 0.3) is 0 Å². The van der Waals surface area contributed by atoms with Crippen molar-refractivity contribution in [1.82, 2.24) is 0 Å². The number of nitrogens with zero attached hydrogens (tertiary/aromatic N) is 1. The van der Waals surface area contributed by atoms with Gasteiger partial charge in [0.1, 0.15) is 5.83 Å². The molecule has 2 N–H and O–H groups in total. The molecule has 0 aromatic heterocycles. The lowest BCUT2D eigenvalue weighted by atomic mass is 10.1. The van der Waals surface area contributed by atoms with Crippen LogP contribution in [-0.4, -0.2) is 36.2 Å². The van der Waals surface area contributed by atoms with Crippen molar-refractivity contribution < 1.29 is 32.3 Å². The van der Waals surface area contributed by atoms with Gasteiger partial charge in [0.05, 0.1) is 24.2 Å². The molecule has 0 saturated heterocycles. The van der Waals surface area contributed by atoms with E-state index in [9.17, 15) is 32.3 Å². The van der Waals surface area contributed by atoms with E-state index >= 15 is 0 Å². The molecule has 1 aliphatic heterocycles. The molecule has 0 aliphatic carbocycles. The number of alkyl halides is 3. The number of halogens is 4. The number of hydrogen-bond acceptors (Lipinski definition) is 3. The van der Waals surface area contributed by atoms with Crippen LogP contribution in [0.2, 0.25) is 0 Å². The standard InChI is InChI=1S/C16H16F4N2O3/c17-10-2-1-7-22(9-10)11-3-4-13(12(8-11)15(24)25)21-14(23)5-6-16(18,19)20/h2-4,8H,1,5-7,9H2,(H,21,23)(H,24,25). The molecule has 0 radical (unpaired) electrons. The SMILES string of the molecule is O=C(CCC(F)(F)F)Nc1ccc(N2CCC=C(F)C2)cc1C(=O)O. The van der Waals surface area contributed by atoms with E-state index < -0.39 is 30.9 Å². The lowest BCUT2D eigenvalue weighted by molar-refractivity contribution is -0.142. The Bertz CT molecular complexity index is 701. The van der Waals surface area contributed by atoms with Crippen molar-refractivity contribution in [3.63, 3.8) is 0 Å². The molecule has 0 atom stereocenters. The number of benzene rings is 1. The molecule has 1 aromatic rings. The minimum absolute atomic E-state index is 0.0103. The number of carbonyl (C=O) groups is 2. The van der Waals surface area contributed by atoms with Crippen molar-refractivity contribution in [3.8, 4) is 0 Å². The number of amides is 1. The second-order valence-electron chi connectivity index (χ2n) is 5.56. The van der Waals surface area contributed by atoms with E-state index in [4.69, 9.17) is 0 Å². The van der Waals surface area contributed by atoms with Crippen molar-refractivity contribution in [3.05, 3.63) is 35.7 Å². The maximum absolute atomic E-state index is 13.4. The lowest BCUT2D eigenvalue weighted by Crippen LogP contribution is -2.29.